The van der Waals surface area contributed by atoms with Crippen molar-refractivity contribution in [2.24, 2.45) is 0 Å². The molecule has 154 valence electrons. The van der Waals surface area contributed by atoms with Crippen molar-refractivity contribution >= 4 is 11.0 Å². The number of fused-ring (bicyclic) bond motifs is 6. The van der Waals surface area contributed by atoms with Crippen LogP contribution in [-0.4, -0.2) is 32.0 Å². The fourth-order valence-corrected chi connectivity index (χ4v) is 4.05. The van der Waals surface area contributed by atoms with Gasteiger partial charge in [-0.25, -0.2) is 0 Å². The maximum absolute atomic E-state index is 13.5. The van der Waals surface area contributed by atoms with Gasteiger partial charge in [-0.1, -0.05) is 6.58 Å². The average molecular weight is 408 g/mol. The van der Waals surface area contributed by atoms with Crippen molar-refractivity contribution in [1.29, 1.82) is 0 Å². The molecule has 5 rings (SSSR count). The SMILES string of the molecule is C=C(CO)[C@H]1Cc2c(ccc3c(=O)c4c(oc23)COc2cc(OC)c(OC)cc2-4)O1. The Kier molecular flexibility index (Phi) is 4.22. The van der Waals surface area contributed by atoms with Gasteiger partial charge in [-0.15, -0.1) is 0 Å². The average Bonchev–Trinajstić information content (AvgIpc) is 3.22. The first-order chi connectivity index (χ1) is 14.5. The highest BCUT2D eigenvalue weighted by Gasteiger charge is 2.31. The molecule has 0 saturated heterocycles. The molecule has 1 atom stereocenters. The maximum atomic E-state index is 13.5. The van der Waals surface area contributed by atoms with E-state index in [9.17, 15) is 9.90 Å². The van der Waals surface area contributed by atoms with Gasteiger partial charge < -0.3 is 28.5 Å². The van der Waals surface area contributed by atoms with Gasteiger partial charge in [0.25, 0.3) is 0 Å². The van der Waals surface area contributed by atoms with Crippen LogP contribution in [0.5, 0.6) is 23.0 Å². The minimum Gasteiger partial charge on any atom is -0.493 e. The van der Waals surface area contributed by atoms with E-state index in [2.05, 4.69) is 6.58 Å². The molecule has 0 spiro atoms. The van der Waals surface area contributed by atoms with Crippen LogP contribution >= 0.6 is 0 Å². The number of benzene rings is 2. The van der Waals surface area contributed by atoms with E-state index < -0.39 is 0 Å². The monoisotopic (exact) mass is 408 g/mol. The molecule has 0 fully saturated rings. The lowest BCUT2D eigenvalue weighted by Gasteiger charge is -2.21. The number of hydrogen-bond acceptors (Lipinski definition) is 7. The van der Waals surface area contributed by atoms with Crippen LogP contribution in [0.25, 0.3) is 22.1 Å². The molecule has 2 aromatic carbocycles. The van der Waals surface area contributed by atoms with Gasteiger partial charge in [0, 0.05) is 23.6 Å². The summed E-state index contributed by atoms with van der Waals surface area (Å²) in [5.74, 6) is 2.64. The molecule has 7 nitrogen and oxygen atoms in total. The molecule has 0 amide bonds. The van der Waals surface area contributed by atoms with E-state index in [0.29, 0.717) is 62.8 Å². The second-order valence-electron chi connectivity index (χ2n) is 7.27. The third-order valence-corrected chi connectivity index (χ3v) is 5.62. The van der Waals surface area contributed by atoms with Crippen molar-refractivity contribution < 1.29 is 28.5 Å². The van der Waals surface area contributed by atoms with Crippen LogP contribution < -0.4 is 24.4 Å². The van der Waals surface area contributed by atoms with Gasteiger partial charge in [0.05, 0.1) is 31.8 Å². The second-order valence-corrected chi connectivity index (χ2v) is 7.27. The van der Waals surface area contributed by atoms with E-state index in [0.717, 1.165) is 5.56 Å². The summed E-state index contributed by atoms with van der Waals surface area (Å²) in [6, 6.07) is 6.91. The van der Waals surface area contributed by atoms with Crippen LogP contribution in [0.1, 0.15) is 11.3 Å². The molecule has 1 N–H and O–H groups in total. The predicted octanol–water partition coefficient (Wildman–Crippen LogP) is 3.22. The molecule has 2 aliphatic rings. The second kappa shape index (κ2) is 6.81. The Hall–Kier alpha value is -3.45. The molecule has 3 heterocycles. The Bertz CT molecular complexity index is 1250. The molecule has 0 bridgehead atoms. The Morgan fingerprint density at radius 3 is 2.70 bits per heavy atom. The van der Waals surface area contributed by atoms with Crippen LogP contribution in [0.2, 0.25) is 0 Å². The zero-order valence-electron chi connectivity index (χ0n) is 16.6. The standard InChI is InChI=1S/C23H20O7/c1-11(9-24)16-7-14-15(29-16)5-4-12-22(25)21-13-6-18(26-2)19(27-3)8-17(13)28-10-20(21)30-23(12)14/h4-6,8,16,24H,1,7,9-10H2,2-3H3/t16-/m1/s1. The first kappa shape index (κ1) is 18.6. The Balaban J connectivity index is 1.71. The topological polar surface area (TPSA) is 87.4 Å². The highest BCUT2D eigenvalue weighted by atomic mass is 16.5. The van der Waals surface area contributed by atoms with E-state index in [1.165, 1.54) is 7.11 Å². The summed E-state index contributed by atoms with van der Waals surface area (Å²) in [6.07, 6.45) is 0.140. The van der Waals surface area contributed by atoms with E-state index in [1.807, 2.05) is 0 Å². The lowest BCUT2D eigenvalue weighted by molar-refractivity contribution is 0.234. The van der Waals surface area contributed by atoms with Gasteiger partial charge in [0.1, 0.15) is 29.8 Å². The van der Waals surface area contributed by atoms with Gasteiger partial charge in [0.15, 0.2) is 17.3 Å². The van der Waals surface area contributed by atoms with Crippen molar-refractivity contribution in [3.05, 3.63) is 58.0 Å². The van der Waals surface area contributed by atoms with E-state index in [4.69, 9.17) is 23.4 Å². The summed E-state index contributed by atoms with van der Waals surface area (Å²) >= 11 is 0. The zero-order chi connectivity index (χ0) is 21.0. The van der Waals surface area contributed by atoms with Crippen molar-refractivity contribution in [1.82, 2.24) is 0 Å². The number of ether oxygens (including phenoxy) is 4. The zero-order valence-corrected chi connectivity index (χ0v) is 16.6. The van der Waals surface area contributed by atoms with Gasteiger partial charge >= 0.3 is 0 Å². The van der Waals surface area contributed by atoms with Crippen molar-refractivity contribution in [2.45, 2.75) is 19.1 Å². The number of methoxy groups -OCH3 is 2. The summed E-state index contributed by atoms with van der Waals surface area (Å²) in [6.45, 7) is 3.82. The quantitative estimate of drug-likeness (QED) is 0.663. The number of aliphatic hydroxyl groups excluding tert-OH is 1. The normalized spacial score (nSPS) is 16.2. The fraction of sp³-hybridized carbons (Fsp3) is 0.261. The number of rotatable bonds is 4. The first-order valence-electron chi connectivity index (χ1n) is 9.51. The Morgan fingerprint density at radius 1 is 1.20 bits per heavy atom. The molecule has 7 heteroatoms. The Morgan fingerprint density at radius 2 is 1.97 bits per heavy atom. The number of hydrogen-bond donors (Lipinski definition) is 1. The molecule has 30 heavy (non-hydrogen) atoms. The summed E-state index contributed by atoms with van der Waals surface area (Å²) in [5, 5.41) is 9.84. The minimum atomic E-state index is -0.342. The maximum Gasteiger partial charge on any atom is 0.201 e. The van der Waals surface area contributed by atoms with E-state index >= 15 is 0 Å². The van der Waals surface area contributed by atoms with Gasteiger partial charge in [-0.2, -0.15) is 0 Å². The lowest BCUT2D eigenvalue weighted by Crippen LogP contribution is -2.17. The molecule has 2 aliphatic heterocycles. The smallest absolute Gasteiger partial charge is 0.201 e. The summed E-state index contributed by atoms with van der Waals surface area (Å²) in [4.78, 5) is 13.5. The molecular formula is C23H20O7. The van der Waals surface area contributed by atoms with Crippen molar-refractivity contribution in [3.63, 3.8) is 0 Å². The largest absolute Gasteiger partial charge is 0.493 e. The number of aliphatic hydroxyl groups is 1. The van der Waals surface area contributed by atoms with Crippen LogP contribution in [-0.2, 0) is 13.0 Å². The highest BCUT2D eigenvalue weighted by Crippen LogP contribution is 2.45. The summed E-state index contributed by atoms with van der Waals surface area (Å²) < 4.78 is 28.6. The first-order valence-corrected chi connectivity index (χ1v) is 9.51. The van der Waals surface area contributed by atoms with Crippen LogP contribution in [0.15, 0.2) is 45.6 Å². The molecule has 0 aliphatic carbocycles. The fourth-order valence-electron chi connectivity index (χ4n) is 4.05. The summed E-state index contributed by atoms with van der Waals surface area (Å²) in [5.41, 5.74) is 2.78. The van der Waals surface area contributed by atoms with E-state index in [-0.39, 0.29) is 24.7 Å². The third-order valence-electron chi connectivity index (χ3n) is 5.62. The molecule has 0 saturated carbocycles. The third kappa shape index (κ3) is 2.59. The highest BCUT2D eigenvalue weighted by molar-refractivity contribution is 5.89. The van der Waals surface area contributed by atoms with Crippen LogP contribution in [0, 0.1) is 0 Å². The Labute approximate surface area is 172 Å². The van der Waals surface area contributed by atoms with Crippen LogP contribution in [0.3, 0.4) is 0 Å². The summed E-state index contributed by atoms with van der Waals surface area (Å²) in [7, 11) is 3.09. The lowest BCUT2D eigenvalue weighted by atomic mass is 9.97. The van der Waals surface area contributed by atoms with E-state index in [1.54, 1.807) is 31.4 Å². The predicted molar refractivity (Wildman–Crippen MR) is 110 cm³/mol. The molecule has 3 aromatic rings. The van der Waals surface area contributed by atoms with Crippen LogP contribution in [0.4, 0.5) is 0 Å². The van der Waals surface area contributed by atoms with Gasteiger partial charge in [-0.05, 0) is 23.8 Å². The van der Waals surface area contributed by atoms with Gasteiger partial charge in [0.2, 0.25) is 5.43 Å². The van der Waals surface area contributed by atoms with Crippen molar-refractivity contribution in [2.75, 3.05) is 20.8 Å². The molecule has 1 aromatic heterocycles. The molecular weight excluding hydrogens is 388 g/mol. The minimum absolute atomic E-state index is 0.125. The molecule has 0 radical (unpaired) electrons. The molecule has 0 unspecified atom stereocenters. The van der Waals surface area contributed by atoms with Gasteiger partial charge in [-0.3, -0.25) is 4.79 Å². The van der Waals surface area contributed by atoms with Crippen molar-refractivity contribution in [3.8, 4) is 34.1 Å².